The predicted octanol–water partition coefficient (Wildman–Crippen LogP) is 3.72. The smallest absolute Gasteiger partial charge is 0.151 e. The number of aromatic nitrogens is 1. The zero-order chi connectivity index (χ0) is 15.3. The average molecular weight is 293 g/mol. The van der Waals surface area contributed by atoms with Gasteiger partial charge in [-0.05, 0) is 40.2 Å². The van der Waals surface area contributed by atoms with Crippen molar-refractivity contribution in [3.63, 3.8) is 0 Å². The van der Waals surface area contributed by atoms with E-state index in [9.17, 15) is 0 Å². The van der Waals surface area contributed by atoms with Crippen molar-refractivity contribution in [1.82, 2.24) is 15.4 Å². The third-order valence-corrected chi connectivity index (χ3v) is 4.26. The van der Waals surface area contributed by atoms with Gasteiger partial charge < -0.3 is 9.84 Å². The SMILES string of the molecule is CCN(Cc1cc(CNC(C)(C)C)no1)C1CCCCC1. The standard InChI is InChI=1S/C17H31N3O/c1-5-20(15-9-7-6-8-10-15)13-16-11-14(19-21-16)12-18-17(2,3)4/h11,15,18H,5-10,12-13H2,1-4H3. The average Bonchev–Trinajstić information content (AvgIpc) is 2.90. The van der Waals surface area contributed by atoms with Crippen molar-refractivity contribution >= 4 is 0 Å². The molecule has 0 aromatic carbocycles. The molecular weight excluding hydrogens is 262 g/mol. The van der Waals surface area contributed by atoms with Crippen LogP contribution in [0.25, 0.3) is 0 Å². The topological polar surface area (TPSA) is 41.3 Å². The van der Waals surface area contributed by atoms with Gasteiger partial charge in [0.1, 0.15) is 0 Å². The maximum Gasteiger partial charge on any atom is 0.151 e. The van der Waals surface area contributed by atoms with Crippen molar-refractivity contribution in [3.05, 3.63) is 17.5 Å². The fraction of sp³-hybridized carbons (Fsp3) is 0.824. The first kappa shape index (κ1) is 16.5. The highest BCUT2D eigenvalue weighted by molar-refractivity contribution is 5.06. The number of nitrogens with zero attached hydrogens (tertiary/aromatic N) is 2. The van der Waals surface area contributed by atoms with Crippen molar-refractivity contribution in [2.75, 3.05) is 6.54 Å². The first-order valence-electron chi connectivity index (χ1n) is 8.41. The van der Waals surface area contributed by atoms with E-state index in [4.69, 9.17) is 4.52 Å². The number of rotatable bonds is 6. The van der Waals surface area contributed by atoms with Gasteiger partial charge in [-0.3, -0.25) is 4.90 Å². The lowest BCUT2D eigenvalue weighted by Crippen LogP contribution is -2.36. The van der Waals surface area contributed by atoms with Crippen molar-refractivity contribution < 1.29 is 4.52 Å². The van der Waals surface area contributed by atoms with E-state index in [1.54, 1.807) is 0 Å². The predicted molar refractivity (Wildman–Crippen MR) is 86.1 cm³/mol. The molecule has 0 amide bonds. The van der Waals surface area contributed by atoms with E-state index in [1.165, 1.54) is 32.1 Å². The first-order valence-corrected chi connectivity index (χ1v) is 8.41. The quantitative estimate of drug-likeness (QED) is 0.868. The molecule has 1 N–H and O–H groups in total. The largest absolute Gasteiger partial charge is 0.360 e. The lowest BCUT2D eigenvalue weighted by molar-refractivity contribution is 0.141. The Morgan fingerprint density at radius 2 is 2.00 bits per heavy atom. The molecule has 1 fully saturated rings. The highest BCUT2D eigenvalue weighted by Gasteiger charge is 2.21. The Kier molecular flexibility index (Phi) is 5.82. The molecule has 21 heavy (non-hydrogen) atoms. The summed E-state index contributed by atoms with van der Waals surface area (Å²) in [7, 11) is 0. The summed E-state index contributed by atoms with van der Waals surface area (Å²) >= 11 is 0. The molecule has 0 aliphatic heterocycles. The van der Waals surface area contributed by atoms with Crippen molar-refractivity contribution in [2.45, 2.75) is 84.5 Å². The van der Waals surface area contributed by atoms with E-state index in [2.05, 4.69) is 49.1 Å². The fourth-order valence-corrected chi connectivity index (χ4v) is 3.01. The van der Waals surface area contributed by atoms with Gasteiger partial charge >= 0.3 is 0 Å². The molecule has 4 nitrogen and oxygen atoms in total. The van der Waals surface area contributed by atoms with Crippen molar-refractivity contribution in [1.29, 1.82) is 0 Å². The molecule has 1 aromatic rings. The maximum absolute atomic E-state index is 5.52. The van der Waals surface area contributed by atoms with Gasteiger partial charge in [0.05, 0.1) is 12.2 Å². The number of nitrogens with one attached hydrogen (secondary N) is 1. The summed E-state index contributed by atoms with van der Waals surface area (Å²) in [4.78, 5) is 2.54. The van der Waals surface area contributed by atoms with Crippen LogP contribution >= 0.6 is 0 Å². The van der Waals surface area contributed by atoms with Crippen LogP contribution in [0.5, 0.6) is 0 Å². The second-order valence-electron chi connectivity index (χ2n) is 7.24. The van der Waals surface area contributed by atoms with Gasteiger partial charge in [-0.1, -0.05) is 31.3 Å². The molecule has 120 valence electrons. The first-order chi connectivity index (χ1) is 9.98. The molecular formula is C17H31N3O. The van der Waals surface area contributed by atoms with Crippen LogP contribution in [0, 0.1) is 0 Å². The molecule has 0 spiro atoms. The summed E-state index contributed by atoms with van der Waals surface area (Å²) in [5.41, 5.74) is 1.11. The summed E-state index contributed by atoms with van der Waals surface area (Å²) in [6.07, 6.45) is 6.82. The van der Waals surface area contributed by atoms with E-state index >= 15 is 0 Å². The lowest BCUT2D eigenvalue weighted by Gasteiger charge is -2.32. The Morgan fingerprint density at radius 1 is 1.29 bits per heavy atom. The fourth-order valence-electron chi connectivity index (χ4n) is 3.01. The molecule has 1 saturated carbocycles. The van der Waals surface area contributed by atoms with Crippen LogP contribution in [0.3, 0.4) is 0 Å². The van der Waals surface area contributed by atoms with Gasteiger partial charge in [0, 0.05) is 24.2 Å². The summed E-state index contributed by atoms with van der Waals surface area (Å²) in [5.74, 6) is 0.994. The zero-order valence-corrected chi connectivity index (χ0v) is 14.1. The van der Waals surface area contributed by atoms with Crippen LogP contribution in [0.1, 0.15) is 71.3 Å². The molecule has 0 bridgehead atoms. The maximum atomic E-state index is 5.52. The van der Waals surface area contributed by atoms with Gasteiger partial charge in [0.2, 0.25) is 0 Å². The Labute approximate surface area is 129 Å². The second kappa shape index (κ2) is 7.41. The molecule has 2 rings (SSSR count). The minimum Gasteiger partial charge on any atom is -0.360 e. The van der Waals surface area contributed by atoms with Gasteiger partial charge in [-0.25, -0.2) is 0 Å². The second-order valence-corrected chi connectivity index (χ2v) is 7.24. The minimum absolute atomic E-state index is 0.108. The van der Waals surface area contributed by atoms with Gasteiger partial charge in [-0.15, -0.1) is 0 Å². The Bertz CT molecular complexity index is 416. The van der Waals surface area contributed by atoms with Crippen molar-refractivity contribution in [2.24, 2.45) is 0 Å². The Hall–Kier alpha value is -0.870. The molecule has 0 radical (unpaired) electrons. The molecule has 1 aliphatic rings. The summed E-state index contributed by atoms with van der Waals surface area (Å²) in [6.45, 7) is 11.5. The monoisotopic (exact) mass is 293 g/mol. The van der Waals surface area contributed by atoms with E-state index in [-0.39, 0.29) is 5.54 Å². The summed E-state index contributed by atoms with van der Waals surface area (Å²) < 4.78 is 5.52. The van der Waals surface area contributed by atoms with E-state index in [0.717, 1.165) is 37.1 Å². The third kappa shape index (κ3) is 5.44. The highest BCUT2D eigenvalue weighted by Crippen LogP contribution is 2.24. The van der Waals surface area contributed by atoms with E-state index in [1.807, 2.05) is 0 Å². The summed E-state index contributed by atoms with van der Waals surface area (Å²) in [5, 5.41) is 7.63. The van der Waals surface area contributed by atoms with Crippen LogP contribution in [-0.4, -0.2) is 28.2 Å². The molecule has 0 atom stereocenters. The molecule has 0 saturated heterocycles. The molecule has 1 aromatic heterocycles. The number of hydrogen-bond donors (Lipinski definition) is 1. The highest BCUT2D eigenvalue weighted by atomic mass is 16.5. The van der Waals surface area contributed by atoms with Crippen LogP contribution in [0.15, 0.2) is 10.6 Å². The van der Waals surface area contributed by atoms with Crippen LogP contribution in [0.4, 0.5) is 0 Å². The lowest BCUT2D eigenvalue weighted by atomic mass is 9.94. The van der Waals surface area contributed by atoms with Crippen LogP contribution < -0.4 is 5.32 Å². The number of hydrogen-bond acceptors (Lipinski definition) is 4. The Morgan fingerprint density at radius 3 is 2.62 bits per heavy atom. The van der Waals surface area contributed by atoms with Gasteiger partial charge in [-0.2, -0.15) is 0 Å². The molecule has 1 heterocycles. The van der Waals surface area contributed by atoms with Crippen molar-refractivity contribution in [3.8, 4) is 0 Å². The van der Waals surface area contributed by atoms with E-state index in [0.29, 0.717) is 0 Å². The molecule has 4 heteroatoms. The summed E-state index contributed by atoms with van der Waals surface area (Å²) in [6, 6.07) is 2.83. The van der Waals surface area contributed by atoms with Gasteiger partial charge in [0.25, 0.3) is 0 Å². The molecule has 0 unspecified atom stereocenters. The van der Waals surface area contributed by atoms with Crippen LogP contribution in [-0.2, 0) is 13.1 Å². The van der Waals surface area contributed by atoms with E-state index < -0.39 is 0 Å². The molecule has 1 aliphatic carbocycles. The van der Waals surface area contributed by atoms with Gasteiger partial charge in [0.15, 0.2) is 5.76 Å². The Balaban J connectivity index is 1.87. The minimum atomic E-state index is 0.108. The van der Waals surface area contributed by atoms with Crippen LogP contribution in [0.2, 0.25) is 0 Å². The normalized spacial score (nSPS) is 17.6. The third-order valence-electron chi connectivity index (χ3n) is 4.26. The zero-order valence-electron chi connectivity index (χ0n) is 14.1.